The number of hydrogen-bond donors (Lipinski definition) is 1. The van der Waals surface area contributed by atoms with E-state index in [1.54, 1.807) is 36.9 Å². The summed E-state index contributed by atoms with van der Waals surface area (Å²) < 4.78 is 14.7. The molecule has 100 valence electrons. The first-order valence-electron chi connectivity index (χ1n) is 6.01. The van der Waals surface area contributed by atoms with Crippen molar-refractivity contribution in [2.75, 3.05) is 0 Å². The first kappa shape index (κ1) is 13.3. The maximum Gasteiger partial charge on any atom is 0.269 e. The third kappa shape index (κ3) is 2.99. The van der Waals surface area contributed by atoms with E-state index < -0.39 is 0 Å². The fraction of sp³-hybridized carbons (Fsp3) is 0.286. The van der Waals surface area contributed by atoms with Crippen LogP contribution in [-0.4, -0.2) is 15.7 Å². The molecule has 0 aliphatic heterocycles. The van der Waals surface area contributed by atoms with Crippen LogP contribution in [0.25, 0.3) is 0 Å². The summed E-state index contributed by atoms with van der Waals surface area (Å²) in [6.07, 6.45) is 0. The Morgan fingerprint density at radius 2 is 2.11 bits per heavy atom. The zero-order chi connectivity index (χ0) is 14.0. The van der Waals surface area contributed by atoms with Crippen molar-refractivity contribution in [2.24, 2.45) is 7.05 Å². The summed E-state index contributed by atoms with van der Waals surface area (Å²) in [6, 6.07) is 6.53. The second-order valence-electron chi connectivity index (χ2n) is 4.56. The van der Waals surface area contributed by atoms with Crippen LogP contribution in [0, 0.1) is 19.7 Å². The summed E-state index contributed by atoms with van der Waals surface area (Å²) in [5, 5.41) is 6.91. The van der Waals surface area contributed by atoms with E-state index in [9.17, 15) is 9.18 Å². The van der Waals surface area contributed by atoms with Crippen molar-refractivity contribution in [3.05, 3.63) is 52.6 Å². The SMILES string of the molecule is Cc1cc(C(=O)NCc2ccc(F)c(C)c2)n(C)n1. The van der Waals surface area contributed by atoms with Gasteiger partial charge in [0.05, 0.1) is 5.69 Å². The smallest absolute Gasteiger partial charge is 0.269 e. The van der Waals surface area contributed by atoms with Crippen LogP contribution in [0.2, 0.25) is 0 Å². The van der Waals surface area contributed by atoms with Gasteiger partial charge in [-0.1, -0.05) is 12.1 Å². The number of nitrogens with zero attached hydrogens (tertiary/aromatic N) is 2. The van der Waals surface area contributed by atoms with Crippen molar-refractivity contribution in [2.45, 2.75) is 20.4 Å². The number of benzene rings is 1. The van der Waals surface area contributed by atoms with Crippen molar-refractivity contribution in [1.29, 1.82) is 0 Å². The molecule has 19 heavy (non-hydrogen) atoms. The minimum absolute atomic E-state index is 0.190. The van der Waals surface area contributed by atoms with Crippen LogP contribution >= 0.6 is 0 Å². The molecule has 0 bridgehead atoms. The molecule has 0 spiro atoms. The van der Waals surface area contributed by atoms with Gasteiger partial charge in [-0.05, 0) is 37.1 Å². The van der Waals surface area contributed by atoms with Gasteiger partial charge in [0.2, 0.25) is 0 Å². The Hall–Kier alpha value is -2.17. The van der Waals surface area contributed by atoms with Crippen LogP contribution in [0.15, 0.2) is 24.3 Å². The quantitative estimate of drug-likeness (QED) is 0.919. The molecule has 1 aromatic carbocycles. The molecule has 0 atom stereocenters. The number of nitrogens with one attached hydrogen (secondary N) is 1. The van der Waals surface area contributed by atoms with E-state index in [4.69, 9.17) is 0 Å². The molecule has 0 saturated heterocycles. The lowest BCUT2D eigenvalue weighted by atomic mass is 10.1. The summed E-state index contributed by atoms with van der Waals surface area (Å²) in [5.74, 6) is -0.428. The van der Waals surface area contributed by atoms with E-state index in [1.165, 1.54) is 6.07 Å². The van der Waals surface area contributed by atoms with Crippen molar-refractivity contribution in [3.8, 4) is 0 Å². The Morgan fingerprint density at radius 1 is 1.37 bits per heavy atom. The predicted octanol–water partition coefficient (Wildman–Crippen LogP) is 2.11. The van der Waals surface area contributed by atoms with Crippen molar-refractivity contribution in [3.63, 3.8) is 0 Å². The summed E-state index contributed by atoms with van der Waals surface area (Å²) >= 11 is 0. The van der Waals surface area contributed by atoms with Crippen LogP contribution in [0.3, 0.4) is 0 Å². The van der Waals surface area contributed by atoms with Crippen molar-refractivity contribution < 1.29 is 9.18 Å². The van der Waals surface area contributed by atoms with Gasteiger partial charge in [0.25, 0.3) is 5.91 Å². The van der Waals surface area contributed by atoms with Gasteiger partial charge in [0, 0.05) is 13.6 Å². The number of carbonyl (C=O) groups excluding carboxylic acids is 1. The normalized spacial score (nSPS) is 10.5. The molecular weight excluding hydrogens is 245 g/mol. The lowest BCUT2D eigenvalue weighted by Crippen LogP contribution is -2.25. The monoisotopic (exact) mass is 261 g/mol. The number of amides is 1. The second-order valence-corrected chi connectivity index (χ2v) is 4.56. The molecule has 0 saturated carbocycles. The van der Waals surface area contributed by atoms with Gasteiger partial charge >= 0.3 is 0 Å². The molecule has 1 aromatic heterocycles. The van der Waals surface area contributed by atoms with E-state index in [2.05, 4.69) is 10.4 Å². The molecular formula is C14H16FN3O. The highest BCUT2D eigenvalue weighted by Crippen LogP contribution is 2.09. The molecule has 0 fully saturated rings. The fourth-order valence-electron chi connectivity index (χ4n) is 1.91. The van der Waals surface area contributed by atoms with Gasteiger partial charge in [-0.25, -0.2) is 4.39 Å². The number of aromatic nitrogens is 2. The molecule has 0 aliphatic rings. The molecule has 2 rings (SSSR count). The standard InChI is InChI=1S/C14H16FN3O/c1-9-6-11(4-5-12(9)15)8-16-14(19)13-7-10(2)17-18(13)3/h4-7H,8H2,1-3H3,(H,16,19). The Kier molecular flexibility index (Phi) is 3.64. The van der Waals surface area contributed by atoms with E-state index >= 15 is 0 Å². The Labute approximate surface area is 111 Å². The van der Waals surface area contributed by atoms with Gasteiger partial charge < -0.3 is 5.32 Å². The first-order valence-corrected chi connectivity index (χ1v) is 6.01. The number of rotatable bonds is 3. The first-order chi connectivity index (χ1) is 8.97. The third-order valence-electron chi connectivity index (χ3n) is 2.91. The number of aryl methyl sites for hydroxylation is 3. The van der Waals surface area contributed by atoms with Crippen LogP contribution in [0.1, 0.15) is 27.3 Å². The maximum absolute atomic E-state index is 13.1. The van der Waals surface area contributed by atoms with E-state index in [-0.39, 0.29) is 11.7 Å². The molecule has 1 amide bonds. The topological polar surface area (TPSA) is 46.9 Å². The minimum Gasteiger partial charge on any atom is -0.347 e. The molecule has 1 heterocycles. The van der Waals surface area contributed by atoms with Gasteiger partial charge in [0.15, 0.2) is 0 Å². The second kappa shape index (κ2) is 5.22. The lowest BCUT2D eigenvalue weighted by Gasteiger charge is -2.06. The summed E-state index contributed by atoms with van der Waals surface area (Å²) in [4.78, 5) is 12.0. The van der Waals surface area contributed by atoms with Crippen LogP contribution in [-0.2, 0) is 13.6 Å². The minimum atomic E-state index is -0.239. The molecule has 0 radical (unpaired) electrons. The van der Waals surface area contributed by atoms with Crippen LogP contribution in [0.5, 0.6) is 0 Å². The highest BCUT2D eigenvalue weighted by atomic mass is 19.1. The zero-order valence-electron chi connectivity index (χ0n) is 11.2. The summed E-state index contributed by atoms with van der Waals surface area (Å²) in [7, 11) is 1.73. The molecule has 4 nitrogen and oxygen atoms in total. The van der Waals surface area contributed by atoms with Crippen LogP contribution in [0.4, 0.5) is 4.39 Å². The van der Waals surface area contributed by atoms with E-state index in [0.717, 1.165) is 11.3 Å². The lowest BCUT2D eigenvalue weighted by molar-refractivity contribution is 0.0941. The maximum atomic E-state index is 13.1. The number of carbonyl (C=O) groups is 1. The van der Waals surface area contributed by atoms with Crippen LogP contribution < -0.4 is 5.32 Å². The van der Waals surface area contributed by atoms with Gasteiger partial charge in [-0.2, -0.15) is 5.10 Å². The molecule has 0 unspecified atom stereocenters. The number of halogens is 1. The molecule has 5 heteroatoms. The predicted molar refractivity (Wildman–Crippen MR) is 70.3 cm³/mol. The van der Waals surface area contributed by atoms with E-state index in [0.29, 0.717) is 17.8 Å². The highest BCUT2D eigenvalue weighted by molar-refractivity contribution is 5.92. The van der Waals surface area contributed by atoms with Gasteiger partial charge in [-0.15, -0.1) is 0 Å². The zero-order valence-corrected chi connectivity index (χ0v) is 11.2. The van der Waals surface area contributed by atoms with Crippen molar-refractivity contribution >= 4 is 5.91 Å². The summed E-state index contributed by atoms with van der Waals surface area (Å²) in [6.45, 7) is 3.90. The Balaban J connectivity index is 2.04. The molecule has 2 aromatic rings. The molecule has 1 N–H and O–H groups in total. The average Bonchev–Trinajstić information content (AvgIpc) is 2.70. The Bertz CT molecular complexity index is 619. The largest absolute Gasteiger partial charge is 0.347 e. The van der Waals surface area contributed by atoms with Gasteiger partial charge in [-0.3, -0.25) is 9.48 Å². The number of hydrogen-bond acceptors (Lipinski definition) is 2. The van der Waals surface area contributed by atoms with Gasteiger partial charge in [0.1, 0.15) is 11.5 Å². The van der Waals surface area contributed by atoms with E-state index in [1.807, 2.05) is 6.92 Å². The van der Waals surface area contributed by atoms with Crippen molar-refractivity contribution in [1.82, 2.24) is 15.1 Å². The average molecular weight is 261 g/mol. The fourth-order valence-corrected chi connectivity index (χ4v) is 1.91. The third-order valence-corrected chi connectivity index (χ3v) is 2.91. The Morgan fingerprint density at radius 3 is 2.68 bits per heavy atom. The highest BCUT2D eigenvalue weighted by Gasteiger charge is 2.11. The summed E-state index contributed by atoms with van der Waals surface area (Å²) in [5.41, 5.74) is 2.75. The molecule has 0 aliphatic carbocycles.